The van der Waals surface area contributed by atoms with Gasteiger partial charge in [-0.15, -0.1) is 0 Å². The van der Waals surface area contributed by atoms with E-state index in [4.69, 9.17) is 0 Å². The summed E-state index contributed by atoms with van der Waals surface area (Å²) >= 11 is 0. The second-order valence-electron chi connectivity index (χ2n) is 5.13. The Morgan fingerprint density at radius 3 is 2.42 bits per heavy atom. The number of amides is 2. The summed E-state index contributed by atoms with van der Waals surface area (Å²) in [6, 6.07) is -0.0908. The molecule has 1 aliphatic rings. The van der Waals surface area contributed by atoms with Crippen LogP contribution < -0.4 is 5.32 Å². The van der Waals surface area contributed by atoms with E-state index in [1.165, 1.54) is 0 Å². The molecule has 0 spiro atoms. The molecule has 110 valence electrons. The van der Waals surface area contributed by atoms with Crippen LogP contribution in [-0.2, 0) is 9.59 Å². The van der Waals surface area contributed by atoms with Crippen molar-refractivity contribution < 1.29 is 9.59 Å². The molecule has 1 aliphatic heterocycles. The summed E-state index contributed by atoms with van der Waals surface area (Å²) < 4.78 is 0. The summed E-state index contributed by atoms with van der Waals surface area (Å²) in [5, 5.41) is 2.88. The lowest BCUT2D eigenvalue weighted by Gasteiger charge is -2.24. The molecule has 1 fully saturated rings. The highest BCUT2D eigenvalue weighted by molar-refractivity contribution is 5.82. The topological polar surface area (TPSA) is 52.7 Å². The largest absolute Gasteiger partial charge is 0.354 e. The zero-order chi connectivity index (χ0) is 14.3. The average molecular weight is 269 g/mol. The predicted molar refractivity (Wildman–Crippen MR) is 75.8 cm³/mol. The standard InChI is InChI=1S/C14H27N3O2/c1-4-12(16(3)5-2)14(19)15-9-8-13(18)17-10-6-7-11-17/h12H,4-11H2,1-3H3,(H,15,19). The van der Waals surface area contributed by atoms with Crippen LogP contribution in [-0.4, -0.2) is 60.9 Å². The van der Waals surface area contributed by atoms with E-state index in [9.17, 15) is 9.59 Å². The third kappa shape index (κ3) is 4.82. The summed E-state index contributed by atoms with van der Waals surface area (Å²) in [6.07, 6.45) is 3.42. The molecule has 0 radical (unpaired) electrons. The maximum atomic E-state index is 12.0. The number of carbonyl (C=O) groups is 2. The minimum Gasteiger partial charge on any atom is -0.354 e. The molecule has 1 atom stereocenters. The van der Waals surface area contributed by atoms with Gasteiger partial charge >= 0.3 is 0 Å². The van der Waals surface area contributed by atoms with Crippen LogP contribution in [0.4, 0.5) is 0 Å². The van der Waals surface area contributed by atoms with Crippen LogP contribution in [0.5, 0.6) is 0 Å². The Labute approximate surface area is 116 Å². The molecule has 1 rings (SSSR count). The predicted octanol–water partition coefficient (Wildman–Crippen LogP) is 0.845. The fraction of sp³-hybridized carbons (Fsp3) is 0.857. The molecule has 0 aliphatic carbocycles. The van der Waals surface area contributed by atoms with E-state index < -0.39 is 0 Å². The Morgan fingerprint density at radius 2 is 1.89 bits per heavy atom. The van der Waals surface area contributed by atoms with E-state index >= 15 is 0 Å². The first-order chi connectivity index (χ1) is 9.10. The molecule has 0 aromatic carbocycles. The highest BCUT2D eigenvalue weighted by atomic mass is 16.2. The first kappa shape index (κ1) is 16.0. The van der Waals surface area contributed by atoms with Crippen molar-refractivity contribution in [2.45, 2.75) is 45.6 Å². The van der Waals surface area contributed by atoms with Crippen molar-refractivity contribution in [2.24, 2.45) is 0 Å². The zero-order valence-electron chi connectivity index (χ0n) is 12.4. The number of hydrogen-bond donors (Lipinski definition) is 1. The second kappa shape index (κ2) is 8.15. The lowest BCUT2D eigenvalue weighted by atomic mass is 10.2. The van der Waals surface area contributed by atoms with Gasteiger partial charge in [0, 0.05) is 26.1 Å². The van der Waals surface area contributed by atoms with Gasteiger partial charge < -0.3 is 10.2 Å². The van der Waals surface area contributed by atoms with Crippen molar-refractivity contribution in [2.75, 3.05) is 33.2 Å². The van der Waals surface area contributed by atoms with Crippen molar-refractivity contribution in [3.8, 4) is 0 Å². The van der Waals surface area contributed by atoms with Gasteiger partial charge in [-0.05, 0) is 32.9 Å². The van der Waals surface area contributed by atoms with Crippen LogP contribution in [0.15, 0.2) is 0 Å². The minimum atomic E-state index is -0.0908. The van der Waals surface area contributed by atoms with Crippen LogP contribution >= 0.6 is 0 Å². The summed E-state index contributed by atoms with van der Waals surface area (Å²) in [5.74, 6) is 0.191. The maximum absolute atomic E-state index is 12.0. The Morgan fingerprint density at radius 1 is 1.26 bits per heavy atom. The summed E-state index contributed by atoms with van der Waals surface area (Å²) in [5.41, 5.74) is 0. The first-order valence-electron chi connectivity index (χ1n) is 7.35. The highest BCUT2D eigenvalue weighted by Gasteiger charge is 2.21. The molecule has 1 saturated heterocycles. The highest BCUT2D eigenvalue weighted by Crippen LogP contribution is 2.08. The van der Waals surface area contributed by atoms with Gasteiger partial charge in [-0.1, -0.05) is 13.8 Å². The summed E-state index contributed by atoms with van der Waals surface area (Å²) in [7, 11) is 1.95. The Bertz CT molecular complexity index is 301. The van der Waals surface area contributed by atoms with Crippen molar-refractivity contribution in [3.63, 3.8) is 0 Å². The molecule has 5 nitrogen and oxygen atoms in total. The summed E-state index contributed by atoms with van der Waals surface area (Å²) in [4.78, 5) is 27.7. The molecule has 1 heterocycles. The molecule has 19 heavy (non-hydrogen) atoms. The van der Waals surface area contributed by atoms with E-state index in [2.05, 4.69) is 5.32 Å². The van der Waals surface area contributed by atoms with E-state index in [0.29, 0.717) is 13.0 Å². The van der Waals surface area contributed by atoms with Crippen LogP contribution in [0.2, 0.25) is 0 Å². The van der Waals surface area contributed by atoms with Crippen molar-refractivity contribution in [1.29, 1.82) is 0 Å². The van der Waals surface area contributed by atoms with Gasteiger partial charge in [0.1, 0.15) is 0 Å². The summed E-state index contributed by atoms with van der Waals surface area (Å²) in [6.45, 7) is 7.09. The number of carbonyl (C=O) groups excluding carboxylic acids is 2. The van der Waals surface area contributed by atoms with Crippen LogP contribution in [0.1, 0.15) is 39.5 Å². The molecule has 0 bridgehead atoms. The first-order valence-corrected chi connectivity index (χ1v) is 7.35. The smallest absolute Gasteiger partial charge is 0.237 e. The zero-order valence-corrected chi connectivity index (χ0v) is 12.4. The molecule has 1 unspecified atom stereocenters. The number of nitrogens with one attached hydrogen (secondary N) is 1. The lowest BCUT2D eigenvalue weighted by molar-refractivity contribution is -0.130. The van der Waals surface area contributed by atoms with Gasteiger partial charge in [0.2, 0.25) is 11.8 Å². The third-order valence-electron chi connectivity index (χ3n) is 3.82. The molecule has 2 amide bonds. The monoisotopic (exact) mass is 269 g/mol. The van der Waals surface area contributed by atoms with Crippen LogP contribution in [0, 0.1) is 0 Å². The fourth-order valence-electron chi connectivity index (χ4n) is 2.45. The van der Waals surface area contributed by atoms with Crippen LogP contribution in [0.25, 0.3) is 0 Å². The molecule has 1 N–H and O–H groups in total. The number of likely N-dealkylation sites (N-methyl/N-ethyl adjacent to an activating group) is 1. The van der Waals surface area contributed by atoms with Crippen LogP contribution in [0.3, 0.4) is 0 Å². The lowest BCUT2D eigenvalue weighted by Crippen LogP contribution is -2.45. The second-order valence-corrected chi connectivity index (χ2v) is 5.13. The molecule has 0 saturated carbocycles. The fourth-order valence-corrected chi connectivity index (χ4v) is 2.45. The van der Waals surface area contributed by atoms with E-state index in [0.717, 1.165) is 38.9 Å². The maximum Gasteiger partial charge on any atom is 0.237 e. The third-order valence-corrected chi connectivity index (χ3v) is 3.82. The Hall–Kier alpha value is -1.10. The van der Waals surface area contributed by atoms with E-state index in [-0.39, 0.29) is 17.9 Å². The molecular weight excluding hydrogens is 242 g/mol. The van der Waals surface area contributed by atoms with Gasteiger partial charge in [0.05, 0.1) is 6.04 Å². The van der Waals surface area contributed by atoms with E-state index in [1.54, 1.807) is 0 Å². The Kier molecular flexibility index (Phi) is 6.84. The molecular formula is C14H27N3O2. The molecule has 0 aromatic rings. The van der Waals surface area contributed by atoms with Gasteiger partial charge in [-0.25, -0.2) is 0 Å². The average Bonchev–Trinajstić information content (AvgIpc) is 2.93. The number of likely N-dealkylation sites (tertiary alicyclic amines) is 1. The van der Waals surface area contributed by atoms with Gasteiger partial charge in [-0.2, -0.15) is 0 Å². The van der Waals surface area contributed by atoms with Gasteiger partial charge in [-0.3, -0.25) is 14.5 Å². The van der Waals surface area contributed by atoms with Crippen molar-refractivity contribution in [1.82, 2.24) is 15.1 Å². The van der Waals surface area contributed by atoms with Crippen molar-refractivity contribution in [3.05, 3.63) is 0 Å². The molecule has 0 aromatic heterocycles. The normalized spacial score (nSPS) is 16.7. The number of hydrogen-bond acceptors (Lipinski definition) is 3. The van der Waals surface area contributed by atoms with Gasteiger partial charge in [0.15, 0.2) is 0 Å². The van der Waals surface area contributed by atoms with Crippen molar-refractivity contribution >= 4 is 11.8 Å². The molecule has 5 heteroatoms. The quantitative estimate of drug-likeness (QED) is 0.745. The number of rotatable bonds is 7. The number of nitrogens with zero attached hydrogens (tertiary/aromatic N) is 2. The van der Waals surface area contributed by atoms with Gasteiger partial charge in [0.25, 0.3) is 0 Å². The SMILES string of the molecule is CCC(C(=O)NCCC(=O)N1CCCC1)N(C)CC. The Balaban J connectivity index is 2.27. The van der Waals surface area contributed by atoms with E-state index in [1.807, 2.05) is 30.7 Å². The minimum absolute atomic E-state index is 0.0288.